The van der Waals surface area contributed by atoms with E-state index in [0.717, 1.165) is 5.56 Å². The molecule has 27 heavy (non-hydrogen) atoms. The Morgan fingerprint density at radius 2 is 1.81 bits per heavy atom. The van der Waals surface area contributed by atoms with Crippen LogP contribution >= 0.6 is 23.2 Å². The number of carbonyl (C=O) groups excluding carboxylic acids is 2. The van der Waals surface area contributed by atoms with Gasteiger partial charge < -0.3 is 10.6 Å². The van der Waals surface area contributed by atoms with Gasteiger partial charge in [-0.1, -0.05) is 41.4 Å². The van der Waals surface area contributed by atoms with Crippen LogP contribution in [0.25, 0.3) is 0 Å². The molecule has 0 fully saturated rings. The molecule has 2 aromatic carbocycles. The molecule has 0 bridgehead atoms. The quantitative estimate of drug-likeness (QED) is 0.760. The van der Waals surface area contributed by atoms with Crippen LogP contribution in [0, 0.1) is 5.82 Å². The highest BCUT2D eigenvalue weighted by atomic mass is 35.5. The van der Waals surface area contributed by atoms with Crippen LogP contribution < -0.4 is 5.73 Å². The summed E-state index contributed by atoms with van der Waals surface area (Å²) in [6, 6.07) is 9.82. The molecular formula is C19H20Cl2FN3O2. The van der Waals surface area contributed by atoms with Gasteiger partial charge in [-0.25, -0.2) is 4.39 Å². The minimum Gasteiger partial charge on any atom is -0.368 e. The lowest BCUT2D eigenvalue weighted by Gasteiger charge is -2.27. The summed E-state index contributed by atoms with van der Waals surface area (Å²) in [6.07, 6.45) is 0. The largest absolute Gasteiger partial charge is 0.368 e. The van der Waals surface area contributed by atoms with Gasteiger partial charge in [0, 0.05) is 13.6 Å². The Morgan fingerprint density at radius 3 is 2.41 bits per heavy atom. The summed E-state index contributed by atoms with van der Waals surface area (Å²) >= 11 is 11.9. The Labute approximate surface area is 167 Å². The van der Waals surface area contributed by atoms with E-state index in [9.17, 15) is 14.0 Å². The second-order valence-corrected chi connectivity index (χ2v) is 7.09. The Hall–Kier alpha value is -2.15. The fourth-order valence-electron chi connectivity index (χ4n) is 2.74. The molecule has 0 aliphatic heterocycles. The average molecular weight is 412 g/mol. The van der Waals surface area contributed by atoms with E-state index in [0.29, 0.717) is 22.2 Å². The Bertz CT molecular complexity index is 847. The van der Waals surface area contributed by atoms with Crippen LogP contribution in [-0.2, 0) is 16.1 Å². The van der Waals surface area contributed by atoms with E-state index in [-0.39, 0.29) is 12.5 Å². The molecule has 0 heterocycles. The second-order valence-electron chi connectivity index (χ2n) is 6.27. The zero-order chi connectivity index (χ0) is 20.1. The minimum atomic E-state index is -0.914. The second kappa shape index (κ2) is 9.17. The number of hydrogen-bond donors (Lipinski definition) is 1. The molecule has 144 valence electrons. The van der Waals surface area contributed by atoms with Crippen LogP contribution in [0.4, 0.5) is 4.39 Å². The van der Waals surface area contributed by atoms with Crippen LogP contribution in [0.3, 0.4) is 0 Å². The fraction of sp³-hybridized carbons (Fsp3) is 0.263. The molecule has 0 saturated heterocycles. The summed E-state index contributed by atoms with van der Waals surface area (Å²) in [5.41, 5.74) is 6.68. The van der Waals surface area contributed by atoms with Gasteiger partial charge in [-0.3, -0.25) is 14.5 Å². The predicted molar refractivity (Wildman–Crippen MR) is 104 cm³/mol. The van der Waals surface area contributed by atoms with Crippen molar-refractivity contribution in [2.75, 3.05) is 20.6 Å². The molecule has 5 nitrogen and oxygen atoms in total. The van der Waals surface area contributed by atoms with Crippen molar-refractivity contribution in [3.63, 3.8) is 0 Å². The van der Waals surface area contributed by atoms with Gasteiger partial charge in [0.2, 0.25) is 11.8 Å². The van der Waals surface area contributed by atoms with Gasteiger partial charge in [-0.2, -0.15) is 0 Å². The first kappa shape index (κ1) is 21.2. The van der Waals surface area contributed by atoms with E-state index < -0.39 is 17.8 Å². The highest BCUT2D eigenvalue weighted by Gasteiger charge is 2.26. The average Bonchev–Trinajstić information content (AvgIpc) is 2.58. The molecule has 0 saturated carbocycles. The molecule has 0 aliphatic carbocycles. The molecule has 1 unspecified atom stereocenters. The summed E-state index contributed by atoms with van der Waals surface area (Å²) in [4.78, 5) is 27.4. The number of likely N-dealkylation sites (N-methyl/N-ethyl adjacent to an activating group) is 2. The third-order valence-corrected chi connectivity index (χ3v) is 4.83. The Morgan fingerprint density at radius 1 is 1.11 bits per heavy atom. The van der Waals surface area contributed by atoms with Crippen molar-refractivity contribution in [1.29, 1.82) is 0 Å². The van der Waals surface area contributed by atoms with E-state index >= 15 is 0 Å². The molecule has 2 amide bonds. The highest BCUT2D eigenvalue weighted by Crippen LogP contribution is 2.23. The first-order valence-corrected chi connectivity index (χ1v) is 8.87. The smallest absolute Gasteiger partial charge is 0.239 e. The molecule has 0 radical (unpaired) electrons. The van der Waals surface area contributed by atoms with Crippen molar-refractivity contribution in [2.24, 2.45) is 5.73 Å². The first-order valence-electron chi connectivity index (χ1n) is 8.12. The summed E-state index contributed by atoms with van der Waals surface area (Å²) in [6.45, 7) is 0.257. The maximum Gasteiger partial charge on any atom is 0.239 e. The molecule has 2 rings (SSSR count). The van der Waals surface area contributed by atoms with Gasteiger partial charge in [-0.05, 0) is 42.4 Å². The van der Waals surface area contributed by atoms with Gasteiger partial charge in [-0.15, -0.1) is 0 Å². The topological polar surface area (TPSA) is 66.6 Å². The number of halogens is 3. The number of benzene rings is 2. The molecule has 0 aliphatic rings. The number of carbonyl (C=O) groups is 2. The van der Waals surface area contributed by atoms with Crippen molar-refractivity contribution in [3.05, 3.63) is 69.5 Å². The summed E-state index contributed by atoms with van der Waals surface area (Å²) < 4.78 is 13.5. The molecular weight excluding hydrogens is 392 g/mol. The molecule has 0 aromatic heterocycles. The molecule has 2 N–H and O–H groups in total. The Kier molecular flexibility index (Phi) is 7.18. The van der Waals surface area contributed by atoms with Crippen molar-refractivity contribution >= 4 is 35.0 Å². The summed E-state index contributed by atoms with van der Waals surface area (Å²) in [5, 5.41) is 0.848. The number of primary amides is 1. The van der Waals surface area contributed by atoms with E-state index in [1.807, 2.05) is 0 Å². The van der Waals surface area contributed by atoms with E-state index in [2.05, 4.69) is 0 Å². The lowest BCUT2D eigenvalue weighted by Crippen LogP contribution is -2.42. The van der Waals surface area contributed by atoms with Crippen LogP contribution in [0.5, 0.6) is 0 Å². The number of rotatable bonds is 7. The minimum absolute atomic E-state index is 0.0675. The number of hydrogen-bond acceptors (Lipinski definition) is 3. The number of nitrogens with zero attached hydrogens (tertiary/aromatic N) is 2. The highest BCUT2D eigenvalue weighted by molar-refractivity contribution is 6.42. The fourth-order valence-corrected chi connectivity index (χ4v) is 3.06. The molecule has 8 heteroatoms. The monoisotopic (exact) mass is 411 g/mol. The first-order chi connectivity index (χ1) is 12.7. The van der Waals surface area contributed by atoms with Crippen LogP contribution in [-0.4, -0.2) is 42.3 Å². The van der Waals surface area contributed by atoms with Crippen molar-refractivity contribution in [2.45, 2.75) is 12.6 Å². The molecule has 2 aromatic rings. The van der Waals surface area contributed by atoms with Crippen LogP contribution in [0.2, 0.25) is 10.0 Å². The van der Waals surface area contributed by atoms with Gasteiger partial charge in [0.25, 0.3) is 0 Å². The van der Waals surface area contributed by atoms with E-state index in [1.54, 1.807) is 38.4 Å². The van der Waals surface area contributed by atoms with Gasteiger partial charge in [0.05, 0.1) is 16.6 Å². The predicted octanol–water partition coefficient (Wildman–Crippen LogP) is 3.25. The van der Waals surface area contributed by atoms with Crippen LogP contribution in [0.1, 0.15) is 17.2 Å². The van der Waals surface area contributed by atoms with Gasteiger partial charge in [0.15, 0.2) is 0 Å². The van der Waals surface area contributed by atoms with Crippen LogP contribution in [0.15, 0.2) is 42.5 Å². The zero-order valence-electron chi connectivity index (χ0n) is 15.0. The lowest BCUT2D eigenvalue weighted by atomic mass is 10.0. The van der Waals surface area contributed by atoms with E-state index in [1.165, 1.54) is 28.0 Å². The van der Waals surface area contributed by atoms with Gasteiger partial charge >= 0.3 is 0 Å². The summed E-state index contributed by atoms with van der Waals surface area (Å²) in [7, 11) is 3.23. The third-order valence-electron chi connectivity index (χ3n) is 4.09. The van der Waals surface area contributed by atoms with Crippen molar-refractivity contribution < 1.29 is 14.0 Å². The standard InChI is InChI=1S/C19H20Cl2FN3O2/c1-24(10-12-6-7-15(20)16(21)8-12)17(26)11-25(2)18(19(23)27)13-4-3-5-14(22)9-13/h3-9,18H,10-11H2,1-2H3,(H2,23,27). The third kappa shape index (κ3) is 5.66. The van der Waals surface area contributed by atoms with E-state index in [4.69, 9.17) is 28.9 Å². The maximum atomic E-state index is 13.5. The molecule has 0 spiro atoms. The maximum absolute atomic E-state index is 13.5. The zero-order valence-corrected chi connectivity index (χ0v) is 16.5. The SMILES string of the molecule is CN(Cc1ccc(Cl)c(Cl)c1)C(=O)CN(C)C(C(N)=O)c1cccc(F)c1. The van der Waals surface area contributed by atoms with Gasteiger partial charge in [0.1, 0.15) is 11.9 Å². The number of nitrogens with two attached hydrogens (primary N) is 1. The normalized spacial score (nSPS) is 12.1. The number of amides is 2. The summed E-state index contributed by atoms with van der Waals surface area (Å²) in [5.74, 6) is -1.37. The van der Waals surface area contributed by atoms with Crippen molar-refractivity contribution in [1.82, 2.24) is 9.80 Å². The van der Waals surface area contributed by atoms with Crippen molar-refractivity contribution in [3.8, 4) is 0 Å². The molecule has 1 atom stereocenters. The lowest BCUT2D eigenvalue weighted by molar-refractivity contribution is -0.133. The Balaban J connectivity index is 2.07.